The zero-order valence-electron chi connectivity index (χ0n) is 9.29. The molecule has 2 aliphatic rings. The number of rotatable bonds is 1. The molecule has 2 fully saturated rings. The molecule has 16 heavy (non-hydrogen) atoms. The van der Waals surface area contributed by atoms with Crippen molar-refractivity contribution in [3.8, 4) is 0 Å². The van der Waals surface area contributed by atoms with Crippen molar-refractivity contribution in [1.82, 2.24) is 0 Å². The molecule has 0 amide bonds. The van der Waals surface area contributed by atoms with Crippen LogP contribution in [0.3, 0.4) is 0 Å². The molecule has 0 radical (unpaired) electrons. The fourth-order valence-corrected chi connectivity index (χ4v) is 3.49. The second kappa shape index (κ2) is 4.18. The summed E-state index contributed by atoms with van der Waals surface area (Å²) in [6.45, 7) is 4.35. The first-order valence-corrected chi connectivity index (χ1v) is 6.94. The van der Waals surface area contributed by atoms with Gasteiger partial charge in [-0.1, -0.05) is 12.1 Å². The van der Waals surface area contributed by atoms with Gasteiger partial charge in [0.25, 0.3) is 0 Å². The first kappa shape index (κ1) is 10.8. The van der Waals surface area contributed by atoms with E-state index in [9.17, 15) is 0 Å². The maximum absolute atomic E-state index is 5.45. The Hall–Kier alpha value is -0.290. The van der Waals surface area contributed by atoms with Gasteiger partial charge in [0.2, 0.25) is 0 Å². The standard InChI is InChI=1S/C13H16INO/c14-11-3-1-2-4-12(11)15-9-13(10-15)5-7-16-8-6-13/h1-4H,5-10H2. The number of halogens is 1. The molecular formula is C13H16INO. The van der Waals surface area contributed by atoms with E-state index in [-0.39, 0.29) is 0 Å². The van der Waals surface area contributed by atoms with Gasteiger partial charge in [0.1, 0.15) is 0 Å². The van der Waals surface area contributed by atoms with Crippen molar-refractivity contribution in [1.29, 1.82) is 0 Å². The average Bonchev–Trinajstić information content (AvgIpc) is 2.28. The van der Waals surface area contributed by atoms with Crippen molar-refractivity contribution in [2.24, 2.45) is 5.41 Å². The van der Waals surface area contributed by atoms with Gasteiger partial charge in [-0.25, -0.2) is 0 Å². The molecule has 0 bridgehead atoms. The van der Waals surface area contributed by atoms with E-state index in [0.717, 1.165) is 13.2 Å². The molecule has 0 unspecified atom stereocenters. The quantitative estimate of drug-likeness (QED) is 0.735. The molecule has 2 saturated heterocycles. The summed E-state index contributed by atoms with van der Waals surface area (Å²) in [4.78, 5) is 2.51. The lowest BCUT2D eigenvalue weighted by atomic mass is 9.73. The molecule has 0 atom stereocenters. The lowest BCUT2D eigenvalue weighted by Gasteiger charge is -2.53. The van der Waals surface area contributed by atoms with E-state index in [2.05, 4.69) is 51.8 Å². The van der Waals surface area contributed by atoms with Gasteiger partial charge in [0, 0.05) is 35.3 Å². The minimum atomic E-state index is 0.567. The number of hydrogen-bond donors (Lipinski definition) is 0. The summed E-state index contributed by atoms with van der Waals surface area (Å²) in [6, 6.07) is 8.65. The van der Waals surface area contributed by atoms with Crippen molar-refractivity contribution in [2.75, 3.05) is 31.2 Å². The van der Waals surface area contributed by atoms with Crippen LogP contribution in [0, 0.1) is 8.99 Å². The Morgan fingerprint density at radius 1 is 1.12 bits per heavy atom. The van der Waals surface area contributed by atoms with Crippen LogP contribution in [0.2, 0.25) is 0 Å². The van der Waals surface area contributed by atoms with Crippen LogP contribution in [-0.4, -0.2) is 26.3 Å². The zero-order valence-corrected chi connectivity index (χ0v) is 11.4. The second-order valence-corrected chi connectivity index (χ2v) is 6.08. The summed E-state index contributed by atoms with van der Waals surface area (Å²) < 4.78 is 6.81. The molecule has 0 aliphatic carbocycles. The third-order valence-corrected chi connectivity index (χ3v) is 4.71. The Morgan fingerprint density at radius 2 is 1.81 bits per heavy atom. The number of ether oxygens (including phenoxy) is 1. The lowest BCUT2D eigenvalue weighted by Crippen LogP contribution is -2.58. The maximum atomic E-state index is 5.45. The summed E-state index contributed by atoms with van der Waals surface area (Å²) in [5.41, 5.74) is 1.97. The average molecular weight is 329 g/mol. The normalized spacial score (nSPS) is 23.2. The van der Waals surface area contributed by atoms with Gasteiger partial charge >= 0.3 is 0 Å². The van der Waals surface area contributed by atoms with E-state index in [1.54, 1.807) is 0 Å². The van der Waals surface area contributed by atoms with E-state index in [0.29, 0.717) is 5.41 Å². The second-order valence-electron chi connectivity index (χ2n) is 4.92. The number of para-hydroxylation sites is 1. The highest BCUT2D eigenvalue weighted by Crippen LogP contribution is 2.42. The maximum Gasteiger partial charge on any atom is 0.0502 e. The minimum absolute atomic E-state index is 0.567. The first-order chi connectivity index (χ1) is 7.79. The van der Waals surface area contributed by atoms with Crippen molar-refractivity contribution in [3.05, 3.63) is 27.8 Å². The first-order valence-electron chi connectivity index (χ1n) is 5.86. The van der Waals surface area contributed by atoms with Crippen LogP contribution in [0.1, 0.15) is 12.8 Å². The van der Waals surface area contributed by atoms with Crippen LogP contribution in [0.4, 0.5) is 5.69 Å². The van der Waals surface area contributed by atoms with Gasteiger partial charge in [-0.3, -0.25) is 0 Å². The molecule has 86 valence electrons. The van der Waals surface area contributed by atoms with E-state index in [4.69, 9.17) is 4.74 Å². The summed E-state index contributed by atoms with van der Waals surface area (Å²) >= 11 is 2.43. The van der Waals surface area contributed by atoms with E-state index >= 15 is 0 Å². The van der Waals surface area contributed by atoms with Gasteiger partial charge in [-0.15, -0.1) is 0 Å². The highest BCUT2D eigenvalue weighted by molar-refractivity contribution is 14.1. The highest BCUT2D eigenvalue weighted by atomic mass is 127. The van der Waals surface area contributed by atoms with Crippen LogP contribution in [0.15, 0.2) is 24.3 Å². The Morgan fingerprint density at radius 3 is 2.50 bits per heavy atom. The van der Waals surface area contributed by atoms with Crippen molar-refractivity contribution >= 4 is 28.3 Å². The van der Waals surface area contributed by atoms with E-state index in [1.807, 2.05) is 0 Å². The van der Waals surface area contributed by atoms with Gasteiger partial charge < -0.3 is 9.64 Å². The molecule has 0 N–H and O–H groups in total. The summed E-state index contributed by atoms with van der Waals surface area (Å²) in [5, 5.41) is 0. The van der Waals surface area contributed by atoms with Crippen molar-refractivity contribution in [2.45, 2.75) is 12.8 Å². The molecule has 1 aromatic rings. The Kier molecular flexibility index (Phi) is 2.83. The SMILES string of the molecule is Ic1ccccc1N1CC2(CCOCC2)C1. The third kappa shape index (κ3) is 1.84. The monoisotopic (exact) mass is 329 g/mol. The third-order valence-electron chi connectivity index (χ3n) is 3.80. The number of benzene rings is 1. The van der Waals surface area contributed by atoms with Gasteiger partial charge in [-0.05, 0) is 47.6 Å². The lowest BCUT2D eigenvalue weighted by molar-refractivity contribution is -0.000239. The number of anilines is 1. The minimum Gasteiger partial charge on any atom is -0.381 e. The largest absolute Gasteiger partial charge is 0.381 e. The smallest absolute Gasteiger partial charge is 0.0502 e. The highest BCUT2D eigenvalue weighted by Gasteiger charge is 2.44. The number of hydrogen-bond acceptors (Lipinski definition) is 2. The molecule has 2 aliphatic heterocycles. The topological polar surface area (TPSA) is 12.5 Å². The Bertz CT molecular complexity index is 379. The van der Waals surface area contributed by atoms with Gasteiger partial charge in [0.15, 0.2) is 0 Å². The summed E-state index contributed by atoms with van der Waals surface area (Å²) in [5.74, 6) is 0. The van der Waals surface area contributed by atoms with Crippen LogP contribution in [0.5, 0.6) is 0 Å². The van der Waals surface area contributed by atoms with E-state index < -0.39 is 0 Å². The molecule has 0 saturated carbocycles. The van der Waals surface area contributed by atoms with Crippen LogP contribution in [-0.2, 0) is 4.74 Å². The van der Waals surface area contributed by atoms with Crippen LogP contribution in [0.25, 0.3) is 0 Å². The molecular weight excluding hydrogens is 313 g/mol. The fraction of sp³-hybridized carbons (Fsp3) is 0.538. The van der Waals surface area contributed by atoms with Crippen LogP contribution >= 0.6 is 22.6 Å². The molecule has 1 aromatic carbocycles. The Labute approximate surface area is 110 Å². The predicted octanol–water partition coefficient (Wildman–Crippen LogP) is 2.91. The molecule has 3 rings (SSSR count). The Balaban J connectivity index is 1.71. The van der Waals surface area contributed by atoms with Crippen LogP contribution < -0.4 is 4.90 Å². The van der Waals surface area contributed by atoms with E-state index in [1.165, 1.54) is 35.2 Å². The molecule has 0 aromatic heterocycles. The zero-order chi connectivity index (χ0) is 11.0. The fourth-order valence-electron chi connectivity index (χ4n) is 2.76. The van der Waals surface area contributed by atoms with Crippen molar-refractivity contribution < 1.29 is 4.74 Å². The summed E-state index contributed by atoms with van der Waals surface area (Å²) in [6.07, 6.45) is 2.49. The van der Waals surface area contributed by atoms with Gasteiger partial charge in [-0.2, -0.15) is 0 Å². The van der Waals surface area contributed by atoms with Crippen molar-refractivity contribution in [3.63, 3.8) is 0 Å². The predicted molar refractivity (Wildman–Crippen MR) is 73.9 cm³/mol. The summed E-state index contributed by atoms with van der Waals surface area (Å²) in [7, 11) is 0. The van der Waals surface area contributed by atoms with Gasteiger partial charge in [0.05, 0.1) is 5.69 Å². The molecule has 2 nitrogen and oxygen atoms in total. The molecule has 1 spiro atoms. The number of nitrogens with zero attached hydrogens (tertiary/aromatic N) is 1. The molecule has 2 heterocycles. The molecule has 3 heteroatoms.